The summed E-state index contributed by atoms with van der Waals surface area (Å²) < 4.78 is 17.6. The van der Waals surface area contributed by atoms with Gasteiger partial charge in [0, 0.05) is 13.0 Å². The van der Waals surface area contributed by atoms with Crippen LogP contribution in [0.15, 0.2) is 24.3 Å². The molecule has 0 heterocycles. The third-order valence-corrected chi connectivity index (χ3v) is 2.59. The molecule has 1 rings (SSSR count). The average molecular weight is 232 g/mol. The second-order valence-electron chi connectivity index (χ2n) is 3.35. The summed E-state index contributed by atoms with van der Waals surface area (Å²) in [5.74, 6) is 0.465. The quantitative estimate of drug-likeness (QED) is 0.790. The molecular formula is C11H15ClFNO. The Labute approximate surface area is 94.2 Å². The van der Waals surface area contributed by atoms with E-state index in [2.05, 4.69) is 0 Å². The molecule has 0 saturated carbocycles. The van der Waals surface area contributed by atoms with Gasteiger partial charge in [0.2, 0.25) is 0 Å². The van der Waals surface area contributed by atoms with E-state index in [0.717, 1.165) is 11.1 Å². The normalized spacial score (nSPS) is 14.9. The molecule has 1 aromatic carbocycles. The van der Waals surface area contributed by atoms with Crippen molar-refractivity contribution in [1.29, 1.82) is 0 Å². The van der Waals surface area contributed by atoms with Crippen molar-refractivity contribution < 1.29 is 9.13 Å². The third kappa shape index (κ3) is 3.16. The zero-order valence-corrected chi connectivity index (χ0v) is 9.38. The van der Waals surface area contributed by atoms with Crippen molar-refractivity contribution in [3.05, 3.63) is 35.4 Å². The van der Waals surface area contributed by atoms with Crippen LogP contribution in [0.4, 0.5) is 4.39 Å². The minimum atomic E-state index is -0.628. The lowest BCUT2D eigenvalue weighted by molar-refractivity contribution is 0.0721. The van der Waals surface area contributed by atoms with E-state index in [4.69, 9.17) is 22.1 Å². The van der Waals surface area contributed by atoms with Gasteiger partial charge in [-0.2, -0.15) is 0 Å². The van der Waals surface area contributed by atoms with Gasteiger partial charge in [-0.05, 0) is 11.1 Å². The van der Waals surface area contributed by atoms with E-state index in [9.17, 15) is 4.39 Å². The Morgan fingerprint density at radius 1 is 1.40 bits per heavy atom. The first-order chi connectivity index (χ1) is 7.22. The standard InChI is InChI=1S/C11H15ClFNO/c1-15-11(10(14)7-13)9-4-2-8(6-12)3-5-9/h2-5,10-11H,6-7,14H2,1H3/t10-,11-/m1/s1. The predicted octanol–water partition coefficient (Wildman–Crippen LogP) is 2.41. The minimum absolute atomic E-state index is 0.403. The molecule has 4 heteroatoms. The van der Waals surface area contributed by atoms with E-state index >= 15 is 0 Å². The molecular weight excluding hydrogens is 217 g/mol. The molecule has 0 saturated heterocycles. The van der Waals surface area contributed by atoms with E-state index in [1.54, 1.807) is 0 Å². The SMILES string of the molecule is CO[C@H](c1ccc(CCl)cc1)[C@H](N)CF. The van der Waals surface area contributed by atoms with Crippen molar-refractivity contribution >= 4 is 11.6 Å². The summed E-state index contributed by atoms with van der Waals surface area (Å²) in [5, 5.41) is 0. The van der Waals surface area contributed by atoms with Gasteiger partial charge in [0.25, 0.3) is 0 Å². The molecule has 2 nitrogen and oxygen atoms in total. The molecule has 2 atom stereocenters. The summed E-state index contributed by atoms with van der Waals surface area (Å²) in [4.78, 5) is 0. The van der Waals surface area contributed by atoms with Crippen LogP contribution in [0.2, 0.25) is 0 Å². The molecule has 2 N–H and O–H groups in total. The second kappa shape index (κ2) is 6.05. The fraction of sp³-hybridized carbons (Fsp3) is 0.455. The Morgan fingerprint density at radius 2 is 2.00 bits per heavy atom. The molecule has 84 valence electrons. The molecule has 0 radical (unpaired) electrons. The molecule has 0 bridgehead atoms. The van der Waals surface area contributed by atoms with Gasteiger partial charge in [-0.1, -0.05) is 24.3 Å². The number of nitrogens with two attached hydrogens (primary N) is 1. The largest absolute Gasteiger partial charge is 0.375 e. The van der Waals surface area contributed by atoms with E-state index < -0.39 is 18.8 Å². The maximum absolute atomic E-state index is 12.4. The van der Waals surface area contributed by atoms with Crippen LogP contribution in [0.5, 0.6) is 0 Å². The summed E-state index contributed by atoms with van der Waals surface area (Å²) in [6.45, 7) is -0.601. The lowest BCUT2D eigenvalue weighted by Gasteiger charge is -2.20. The number of halogens is 2. The van der Waals surface area contributed by atoms with Crippen LogP contribution >= 0.6 is 11.6 Å². The Kier molecular flexibility index (Phi) is 5.02. The first-order valence-corrected chi connectivity index (χ1v) is 5.25. The Balaban J connectivity index is 2.83. The van der Waals surface area contributed by atoms with Gasteiger partial charge in [0.05, 0.1) is 12.1 Å². The summed E-state index contributed by atoms with van der Waals surface area (Å²) in [6.07, 6.45) is -0.403. The molecule has 1 aromatic rings. The van der Waals surface area contributed by atoms with Crippen LogP contribution in [0.3, 0.4) is 0 Å². The molecule has 15 heavy (non-hydrogen) atoms. The van der Waals surface area contributed by atoms with Gasteiger partial charge >= 0.3 is 0 Å². The van der Waals surface area contributed by atoms with Gasteiger partial charge < -0.3 is 10.5 Å². The molecule has 0 aromatic heterocycles. The first kappa shape index (κ1) is 12.4. The van der Waals surface area contributed by atoms with Gasteiger partial charge in [-0.15, -0.1) is 11.6 Å². The van der Waals surface area contributed by atoms with Crippen molar-refractivity contribution in [2.45, 2.75) is 18.0 Å². The fourth-order valence-electron chi connectivity index (χ4n) is 1.44. The van der Waals surface area contributed by atoms with Crippen molar-refractivity contribution in [1.82, 2.24) is 0 Å². The van der Waals surface area contributed by atoms with E-state index in [1.807, 2.05) is 24.3 Å². The number of rotatable bonds is 5. The van der Waals surface area contributed by atoms with E-state index in [0.29, 0.717) is 5.88 Å². The van der Waals surface area contributed by atoms with Gasteiger partial charge in [-0.25, -0.2) is 4.39 Å². The van der Waals surface area contributed by atoms with Crippen LogP contribution in [0, 0.1) is 0 Å². The van der Waals surface area contributed by atoms with Gasteiger partial charge in [-0.3, -0.25) is 0 Å². The van der Waals surface area contributed by atoms with Crippen LogP contribution in [-0.2, 0) is 10.6 Å². The second-order valence-corrected chi connectivity index (χ2v) is 3.62. The molecule has 0 aliphatic rings. The number of hydrogen-bond acceptors (Lipinski definition) is 2. The number of hydrogen-bond donors (Lipinski definition) is 1. The molecule has 0 aliphatic carbocycles. The zero-order valence-electron chi connectivity index (χ0n) is 8.62. The minimum Gasteiger partial charge on any atom is -0.375 e. The van der Waals surface area contributed by atoms with Gasteiger partial charge in [0.15, 0.2) is 0 Å². The topological polar surface area (TPSA) is 35.2 Å². The highest BCUT2D eigenvalue weighted by Gasteiger charge is 2.18. The van der Waals surface area contributed by atoms with E-state index in [1.165, 1.54) is 7.11 Å². The summed E-state index contributed by atoms with van der Waals surface area (Å²) in [6, 6.07) is 6.87. The summed E-state index contributed by atoms with van der Waals surface area (Å²) >= 11 is 5.67. The third-order valence-electron chi connectivity index (χ3n) is 2.28. The molecule has 0 fully saturated rings. The molecule has 0 unspecified atom stereocenters. The number of ether oxygens (including phenoxy) is 1. The molecule has 0 amide bonds. The maximum atomic E-state index is 12.4. The van der Waals surface area contributed by atoms with Gasteiger partial charge in [0.1, 0.15) is 6.67 Å². The van der Waals surface area contributed by atoms with E-state index in [-0.39, 0.29) is 0 Å². The van der Waals surface area contributed by atoms with Crippen molar-refractivity contribution in [3.8, 4) is 0 Å². The summed E-state index contributed by atoms with van der Waals surface area (Å²) in [7, 11) is 1.52. The Morgan fingerprint density at radius 3 is 2.40 bits per heavy atom. The van der Waals surface area contributed by atoms with Crippen LogP contribution in [0.25, 0.3) is 0 Å². The van der Waals surface area contributed by atoms with Crippen molar-refractivity contribution in [2.75, 3.05) is 13.8 Å². The van der Waals surface area contributed by atoms with Crippen molar-refractivity contribution in [2.24, 2.45) is 5.73 Å². The number of alkyl halides is 2. The molecule has 0 aliphatic heterocycles. The summed E-state index contributed by atoms with van der Waals surface area (Å²) in [5.41, 5.74) is 7.49. The van der Waals surface area contributed by atoms with Crippen LogP contribution in [-0.4, -0.2) is 19.8 Å². The monoisotopic (exact) mass is 231 g/mol. The Hall–Kier alpha value is -0.640. The first-order valence-electron chi connectivity index (χ1n) is 4.72. The van der Waals surface area contributed by atoms with Crippen LogP contribution < -0.4 is 5.73 Å². The maximum Gasteiger partial charge on any atom is 0.107 e. The molecule has 0 spiro atoms. The fourth-order valence-corrected chi connectivity index (χ4v) is 1.61. The Bertz CT molecular complexity index is 291. The lowest BCUT2D eigenvalue weighted by Crippen LogP contribution is -2.31. The smallest absolute Gasteiger partial charge is 0.107 e. The highest BCUT2D eigenvalue weighted by Crippen LogP contribution is 2.20. The lowest BCUT2D eigenvalue weighted by atomic mass is 10.0. The highest BCUT2D eigenvalue weighted by molar-refractivity contribution is 6.17. The highest BCUT2D eigenvalue weighted by atomic mass is 35.5. The zero-order chi connectivity index (χ0) is 11.3. The van der Waals surface area contributed by atoms with Crippen molar-refractivity contribution in [3.63, 3.8) is 0 Å². The number of benzene rings is 1. The van der Waals surface area contributed by atoms with Crippen LogP contribution in [0.1, 0.15) is 17.2 Å². The predicted molar refractivity (Wildman–Crippen MR) is 59.7 cm³/mol. The average Bonchev–Trinajstić information content (AvgIpc) is 2.30. The number of methoxy groups -OCH3 is 1.